The Hall–Kier alpha value is -6.14. The number of aromatic amines is 2. The first-order valence-corrected chi connectivity index (χ1v) is 21.5. The summed E-state index contributed by atoms with van der Waals surface area (Å²) in [6, 6.07) is 12.0. The van der Waals surface area contributed by atoms with Gasteiger partial charge < -0.3 is 44.6 Å². The van der Waals surface area contributed by atoms with E-state index in [2.05, 4.69) is 37.4 Å². The van der Waals surface area contributed by atoms with Crippen LogP contribution < -0.4 is 10.6 Å². The number of methoxy groups -OCH3 is 2. The van der Waals surface area contributed by atoms with E-state index in [0.29, 0.717) is 50.8 Å². The molecule has 0 bridgehead atoms. The highest BCUT2D eigenvalue weighted by Gasteiger charge is 2.37. The van der Waals surface area contributed by atoms with Crippen LogP contribution >= 0.6 is 0 Å². The van der Waals surface area contributed by atoms with Gasteiger partial charge in [0.05, 0.1) is 50.1 Å². The number of benzene rings is 2. The van der Waals surface area contributed by atoms with Gasteiger partial charge in [0.1, 0.15) is 23.7 Å². The largest absolute Gasteiger partial charge is 0.453 e. The number of H-pyrrole nitrogens is 2. The zero-order chi connectivity index (χ0) is 44.9. The highest BCUT2D eigenvalue weighted by atomic mass is 16.5. The number of hydrogen-bond acceptors (Lipinski definition) is 9. The standard InChI is InChI=1S/C47H62N8O7/c1-10-13-35-26-36(39-28-49-43(51-39)30(6)54(22-11-2)44(56)40(29(4)5)52-46(58)60-8)18-19-37(35)32-14-16-33(17-15-32)38-27-48-42(50-38)31(7)55(23-12-3)45(57)41(53-47(59)61-9)34-20-24-62-25-21-34/h14-19,26-31,34,40-41H,11-12,20-25H2,1-9H3,(H,48,50)(H,49,51)(H,52,58)(H,53,59). The molecule has 3 heterocycles. The van der Waals surface area contributed by atoms with Gasteiger partial charge in [0.2, 0.25) is 11.8 Å². The number of ether oxygens (including phenoxy) is 3. The fourth-order valence-corrected chi connectivity index (χ4v) is 7.86. The summed E-state index contributed by atoms with van der Waals surface area (Å²) in [5.74, 6) is 7.01. The van der Waals surface area contributed by atoms with Crippen molar-refractivity contribution in [1.29, 1.82) is 0 Å². The van der Waals surface area contributed by atoms with E-state index in [4.69, 9.17) is 19.2 Å². The van der Waals surface area contributed by atoms with Crippen LogP contribution in [0.2, 0.25) is 0 Å². The first kappa shape index (κ1) is 46.9. The highest BCUT2D eigenvalue weighted by molar-refractivity contribution is 5.87. The van der Waals surface area contributed by atoms with Crippen LogP contribution in [0.15, 0.2) is 54.9 Å². The predicted octanol–water partition coefficient (Wildman–Crippen LogP) is 7.64. The Kier molecular flexibility index (Phi) is 16.7. The number of nitrogens with zero attached hydrogens (tertiary/aromatic N) is 4. The summed E-state index contributed by atoms with van der Waals surface area (Å²) < 4.78 is 15.2. The third kappa shape index (κ3) is 11.2. The van der Waals surface area contributed by atoms with Crippen molar-refractivity contribution < 1.29 is 33.4 Å². The number of hydrogen-bond donors (Lipinski definition) is 4. The van der Waals surface area contributed by atoms with Gasteiger partial charge in [0.15, 0.2) is 0 Å². The van der Waals surface area contributed by atoms with Crippen LogP contribution in [0.5, 0.6) is 0 Å². The van der Waals surface area contributed by atoms with Crippen molar-refractivity contribution in [3.05, 3.63) is 72.1 Å². The van der Waals surface area contributed by atoms with Crippen LogP contribution in [0.25, 0.3) is 33.6 Å². The molecule has 1 saturated heterocycles. The van der Waals surface area contributed by atoms with E-state index in [1.807, 2.05) is 84.0 Å². The zero-order valence-electron chi connectivity index (χ0n) is 37.5. The van der Waals surface area contributed by atoms with E-state index in [1.165, 1.54) is 14.2 Å². The van der Waals surface area contributed by atoms with Gasteiger partial charge in [-0.15, -0.1) is 5.92 Å². The van der Waals surface area contributed by atoms with Crippen LogP contribution in [-0.4, -0.2) is 106 Å². The molecular weight excluding hydrogens is 789 g/mol. The van der Waals surface area contributed by atoms with E-state index < -0.39 is 24.3 Å². The minimum absolute atomic E-state index is 0.0667. The molecule has 1 aliphatic rings. The van der Waals surface area contributed by atoms with Gasteiger partial charge in [-0.05, 0) is 81.0 Å². The summed E-state index contributed by atoms with van der Waals surface area (Å²) >= 11 is 0. The van der Waals surface area contributed by atoms with Crippen molar-refractivity contribution in [2.24, 2.45) is 11.8 Å². The molecule has 4 amide bonds. The molecule has 4 N–H and O–H groups in total. The van der Waals surface area contributed by atoms with Crippen LogP contribution in [-0.2, 0) is 23.8 Å². The molecule has 1 aliphatic heterocycles. The minimum Gasteiger partial charge on any atom is -0.453 e. The molecule has 0 spiro atoms. The Balaban J connectivity index is 1.34. The lowest BCUT2D eigenvalue weighted by molar-refractivity contribution is -0.138. The average molecular weight is 851 g/mol. The van der Waals surface area contributed by atoms with Crippen LogP contribution in [0.1, 0.15) is 103 Å². The Bertz CT molecular complexity index is 2200. The Morgan fingerprint density at radius 2 is 1.29 bits per heavy atom. The van der Waals surface area contributed by atoms with Gasteiger partial charge in [0.25, 0.3) is 0 Å². The molecule has 15 nitrogen and oxygen atoms in total. The summed E-state index contributed by atoms with van der Waals surface area (Å²) in [4.78, 5) is 72.1. The maximum Gasteiger partial charge on any atom is 0.407 e. The fraction of sp³-hybridized carbons (Fsp3) is 0.489. The summed E-state index contributed by atoms with van der Waals surface area (Å²) in [5, 5.41) is 5.50. The SMILES string of the molecule is CC#Cc1cc(-c2cnc(C(C)N(CCC)C(=O)C(NC(=O)OC)C(C)C)[nH]2)ccc1-c1ccc(-c2cnc(C(C)N(CCC)C(=O)C(NC(=O)OC)C3CCOCC3)[nH]2)cc1. The van der Waals surface area contributed by atoms with Gasteiger partial charge in [-0.1, -0.05) is 70.0 Å². The monoisotopic (exact) mass is 850 g/mol. The third-order valence-electron chi connectivity index (χ3n) is 11.4. The molecule has 5 rings (SSSR count). The number of carbonyl (C=O) groups excluding carboxylic acids is 4. The quantitative estimate of drug-likeness (QED) is 0.0776. The second-order valence-electron chi connectivity index (χ2n) is 15.9. The third-order valence-corrected chi connectivity index (χ3v) is 11.4. The maximum atomic E-state index is 14.1. The lowest BCUT2D eigenvalue weighted by Gasteiger charge is -2.36. The Morgan fingerprint density at radius 3 is 1.82 bits per heavy atom. The van der Waals surface area contributed by atoms with Crippen LogP contribution in [0.4, 0.5) is 9.59 Å². The fourth-order valence-electron chi connectivity index (χ4n) is 7.86. The van der Waals surface area contributed by atoms with E-state index in [-0.39, 0.29) is 35.7 Å². The molecule has 1 fully saturated rings. The van der Waals surface area contributed by atoms with Crippen molar-refractivity contribution in [2.45, 2.75) is 98.3 Å². The molecule has 332 valence electrons. The van der Waals surface area contributed by atoms with Gasteiger partial charge in [0, 0.05) is 37.4 Å². The molecular formula is C47H62N8O7. The van der Waals surface area contributed by atoms with Crippen LogP contribution in [0, 0.1) is 23.7 Å². The topological polar surface area (TPSA) is 184 Å². The summed E-state index contributed by atoms with van der Waals surface area (Å²) in [7, 11) is 2.58. The van der Waals surface area contributed by atoms with Crippen molar-refractivity contribution in [2.75, 3.05) is 40.5 Å². The molecule has 4 unspecified atom stereocenters. The molecule has 62 heavy (non-hydrogen) atoms. The summed E-state index contributed by atoms with van der Waals surface area (Å²) in [5.41, 5.74) is 6.21. The number of imidazole rings is 2. The first-order valence-electron chi connectivity index (χ1n) is 21.5. The van der Waals surface area contributed by atoms with Gasteiger partial charge in [-0.2, -0.15) is 0 Å². The summed E-state index contributed by atoms with van der Waals surface area (Å²) in [6.07, 6.45) is 5.05. The summed E-state index contributed by atoms with van der Waals surface area (Å²) in [6.45, 7) is 15.5. The number of amides is 4. The molecule has 0 aliphatic carbocycles. The van der Waals surface area contributed by atoms with E-state index in [0.717, 1.165) is 52.0 Å². The smallest absolute Gasteiger partial charge is 0.407 e. The lowest BCUT2D eigenvalue weighted by Crippen LogP contribution is -2.54. The zero-order valence-corrected chi connectivity index (χ0v) is 37.5. The number of carbonyl (C=O) groups is 4. The van der Waals surface area contributed by atoms with Crippen LogP contribution in [0.3, 0.4) is 0 Å². The van der Waals surface area contributed by atoms with Crippen molar-refractivity contribution in [1.82, 2.24) is 40.4 Å². The number of aromatic nitrogens is 4. The predicted molar refractivity (Wildman–Crippen MR) is 237 cm³/mol. The molecule has 0 saturated carbocycles. The molecule has 0 radical (unpaired) electrons. The average Bonchev–Trinajstić information content (AvgIpc) is 4.00. The maximum absolute atomic E-state index is 14.1. The lowest BCUT2D eigenvalue weighted by atomic mass is 9.90. The number of rotatable bonds is 17. The molecule has 4 aromatic rings. The molecule has 4 atom stereocenters. The second kappa shape index (κ2) is 22.1. The van der Waals surface area contributed by atoms with E-state index in [1.54, 1.807) is 29.1 Å². The molecule has 2 aromatic carbocycles. The van der Waals surface area contributed by atoms with E-state index >= 15 is 0 Å². The number of alkyl carbamates (subject to hydrolysis) is 2. The van der Waals surface area contributed by atoms with E-state index in [9.17, 15) is 19.2 Å². The highest BCUT2D eigenvalue weighted by Crippen LogP contribution is 2.32. The Morgan fingerprint density at radius 1 is 0.774 bits per heavy atom. The van der Waals surface area contributed by atoms with Gasteiger partial charge in [-0.25, -0.2) is 19.6 Å². The Labute approximate surface area is 365 Å². The minimum atomic E-state index is -0.748. The van der Waals surface area contributed by atoms with Gasteiger partial charge >= 0.3 is 12.2 Å². The van der Waals surface area contributed by atoms with Gasteiger partial charge in [-0.3, -0.25) is 9.59 Å². The first-order chi connectivity index (χ1) is 29.8. The van der Waals surface area contributed by atoms with Crippen molar-refractivity contribution >= 4 is 24.0 Å². The second-order valence-corrected chi connectivity index (χ2v) is 15.9. The molecule has 15 heteroatoms. The molecule has 2 aromatic heterocycles. The van der Waals surface area contributed by atoms with Crippen molar-refractivity contribution in [3.63, 3.8) is 0 Å². The normalized spacial score (nSPS) is 14.7. The number of nitrogens with one attached hydrogen (secondary N) is 4. The van der Waals surface area contributed by atoms with Crippen molar-refractivity contribution in [3.8, 4) is 45.5 Å².